The molecule has 0 aromatic heterocycles. The van der Waals surface area contributed by atoms with Crippen molar-refractivity contribution < 1.29 is 14.3 Å². The highest BCUT2D eigenvalue weighted by Gasteiger charge is 2.65. The minimum absolute atomic E-state index is 0.0950. The predicted molar refractivity (Wildman–Crippen MR) is 103 cm³/mol. The first kappa shape index (κ1) is 16.8. The highest BCUT2D eigenvalue weighted by atomic mass is 16.5. The van der Waals surface area contributed by atoms with Crippen LogP contribution in [0.15, 0.2) is 41.6 Å². The lowest BCUT2D eigenvalue weighted by Crippen LogP contribution is -2.58. The van der Waals surface area contributed by atoms with E-state index in [1.54, 1.807) is 0 Å². The van der Waals surface area contributed by atoms with Crippen LogP contribution in [0.3, 0.4) is 0 Å². The molecule has 5 heteroatoms. The maximum absolute atomic E-state index is 12.8. The first-order valence-corrected chi connectivity index (χ1v) is 9.70. The van der Waals surface area contributed by atoms with Crippen LogP contribution in [0.5, 0.6) is 0 Å². The third kappa shape index (κ3) is 1.93. The van der Waals surface area contributed by atoms with Gasteiger partial charge in [-0.3, -0.25) is 9.69 Å². The van der Waals surface area contributed by atoms with E-state index in [0.29, 0.717) is 18.0 Å². The first-order chi connectivity index (χ1) is 13.1. The van der Waals surface area contributed by atoms with Crippen LogP contribution in [0.1, 0.15) is 42.1 Å². The summed E-state index contributed by atoms with van der Waals surface area (Å²) in [5.74, 6) is -0.246. The molecule has 140 valence electrons. The van der Waals surface area contributed by atoms with Crippen molar-refractivity contribution in [2.45, 2.75) is 37.6 Å². The number of ether oxygens (including phenoxy) is 1. The standard InChI is InChI=1S/C22H24N2O3/c1-3-21-7-4-9-24-10-8-22(20(21)24)16-11-14(13-25)5-6-17(16)23-18(22)15(12-21)19(26)27-2/h4-7,11,13,20,23H,3,8-10,12H2,1-2H3/t20-,21-,22-/m0/s1. The van der Waals surface area contributed by atoms with Crippen molar-refractivity contribution in [3.63, 3.8) is 0 Å². The molecule has 1 spiro atoms. The summed E-state index contributed by atoms with van der Waals surface area (Å²) in [6.45, 7) is 4.14. The van der Waals surface area contributed by atoms with Crippen LogP contribution in [0, 0.1) is 5.41 Å². The van der Waals surface area contributed by atoms with Gasteiger partial charge in [-0.1, -0.05) is 19.1 Å². The Morgan fingerprint density at radius 1 is 1.44 bits per heavy atom. The fourth-order valence-corrected chi connectivity index (χ4v) is 6.15. The molecule has 1 N–H and O–H groups in total. The Morgan fingerprint density at radius 2 is 2.30 bits per heavy atom. The Labute approximate surface area is 159 Å². The zero-order valence-electron chi connectivity index (χ0n) is 15.7. The molecule has 0 saturated carbocycles. The number of hydrogen-bond acceptors (Lipinski definition) is 5. The number of aldehydes is 1. The Morgan fingerprint density at radius 3 is 3.04 bits per heavy atom. The molecule has 0 bridgehead atoms. The first-order valence-electron chi connectivity index (χ1n) is 9.70. The van der Waals surface area contributed by atoms with E-state index in [0.717, 1.165) is 54.7 Å². The summed E-state index contributed by atoms with van der Waals surface area (Å²) in [7, 11) is 1.46. The molecule has 27 heavy (non-hydrogen) atoms. The average molecular weight is 364 g/mol. The highest BCUT2D eigenvalue weighted by Crippen LogP contribution is 2.64. The molecule has 3 atom stereocenters. The van der Waals surface area contributed by atoms with Gasteiger partial charge in [0, 0.05) is 41.5 Å². The van der Waals surface area contributed by atoms with Crippen molar-refractivity contribution >= 4 is 17.9 Å². The van der Waals surface area contributed by atoms with Gasteiger partial charge < -0.3 is 10.1 Å². The van der Waals surface area contributed by atoms with Crippen molar-refractivity contribution in [2.75, 3.05) is 25.5 Å². The van der Waals surface area contributed by atoms with Gasteiger partial charge in [-0.05, 0) is 43.0 Å². The number of fused-ring (bicyclic) bond motifs is 1. The fraction of sp³-hybridized carbons (Fsp3) is 0.455. The van der Waals surface area contributed by atoms with Crippen LogP contribution < -0.4 is 5.32 Å². The third-order valence-corrected chi connectivity index (χ3v) is 7.22. The summed E-state index contributed by atoms with van der Waals surface area (Å²) in [4.78, 5) is 26.8. The Hall–Kier alpha value is -2.40. The second-order valence-corrected chi connectivity index (χ2v) is 8.18. The van der Waals surface area contributed by atoms with E-state index in [2.05, 4.69) is 29.3 Å². The summed E-state index contributed by atoms with van der Waals surface area (Å²) in [5, 5.41) is 3.56. The zero-order valence-corrected chi connectivity index (χ0v) is 15.7. The molecule has 5 rings (SSSR count). The number of carbonyl (C=O) groups is 2. The van der Waals surface area contributed by atoms with Gasteiger partial charge in [-0.15, -0.1) is 0 Å². The summed E-state index contributed by atoms with van der Waals surface area (Å²) in [6, 6.07) is 6.12. The van der Waals surface area contributed by atoms with Crippen molar-refractivity contribution in [3.05, 3.63) is 52.7 Å². The van der Waals surface area contributed by atoms with Gasteiger partial charge in [0.2, 0.25) is 0 Å². The minimum Gasteiger partial charge on any atom is -0.466 e. The van der Waals surface area contributed by atoms with E-state index in [1.165, 1.54) is 7.11 Å². The number of benzene rings is 1. The van der Waals surface area contributed by atoms with Crippen molar-refractivity contribution in [1.82, 2.24) is 4.90 Å². The summed E-state index contributed by atoms with van der Waals surface area (Å²) < 4.78 is 5.18. The van der Waals surface area contributed by atoms with Gasteiger partial charge in [0.1, 0.15) is 6.29 Å². The number of nitrogens with one attached hydrogen (secondary N) is 1. The Balaban J connectivity index is 1.83. The molecule has 0 radical (unpaired) electrons. The quantitative estimate of drug-likeness (QED) is 0.508. The molecular weight excluding hydrogens is 340 g/mol. The zero-order chi connectivity index (χ0) is 18.8. The molecule has 5 nitrogen and oxygen atoms in total. The Kier molecular flexibility index (Phi) is 3.44. The topological polar surface area (TPSA) is 58.6 Å². The van der Waals surface area contributed by atoms with E-state index >= 15 is 0 Å². The maximum atomic E-state index is 12.8. The second kappa shape index (κ2) is 5.55. The molecule has 1 aliphatic carbocycles. The third-order valence-electron chi connectivity index (χ3n) is 7.22. The van der Waals surface area contributed by atoms with Gasteiger partial charge in [0.15, 0.2) is 0 Å². The van der Waals surface area contributed by atoms with Crippen molar-refractivity contribution in [1.29, 1.82) is 0 Å². The molecule has 1 fully saturated rings. The number of anilines is 1. The minimum atomic E-state index is -0.281. The lowest BCUT2D eigenvalue weighted by atomic mass is 9.55. The van der Waals surface area contributed by atoms with Gasteiger partial charge in [-0.2, -0.15) is 0 Å². The summed E-state index contributed by atoms with van der Waals surface area (Å²) in [6.07, 6.45) is 8.09. The largest absolute Gasteiger partial charge is 0.466 e. The van der Waals surface area contributed by atoms with Gasteiger partial charge in [0.05, 0.1) is 18.1 Å². The number of methoxy groups -OCH3 is 1. The summed E-state index contributed by atoms with van der Waals surface area (Å²) >= 11 is 0. The van der Waals surface area contributed by atoms with E-state index < -0.39 is 0 Å². The van der Waals surface area contributed by atoms with E-state index in [-0.39, 0.29) is 16.8 Å². The molecule has 1 aromatic carbocycles. The molecule has 0 unspecified atom stereocenters. The lowest BCUT2D eigenvalue weighted by molar-refractivity contribution is -0.137. The number of carbonyl (C=O) groups excluding carboxylic acids is 2. The average Bonchev–Trinajstić information content (AvgIpc) is 3.27. The molecular formula is C22H24N2O3. The molecule has 4 aliphatic rings. The predicted octanol–water partition coefficient (Wildman–Crippen LogP) is 3.03. The van der Waals surface area contributed by atoms with Gasteiger partial charge in [0.25, 0.3) is 0 Å². The van der Waals surface area contributed by atoms with Gasteiger partial charge in [-0.25, -0.2) is 4.79 Å². The number of esters is 1. The number of nitrogens with zero attached hydrogens (tertiary/aromatic N) is 1. The van der Waals surface area contributed by atoms with Crippen LogP contribution in [0.2, 0.25) is 0 Å². The van der Waals surface area contributed by atoms with Crippen molar-refractivity contribution in [2.24, 2.45) is 5.41 Å². The van der Waals surface area contributed by atoms with E-state index in [9.17, 15) is 9.59 Å². The lowest BCUT2D eigenvalue weighted by Gasteiger charge is -2.53. The maximum Gasteiger partial charge on any atom is 0.335 e. The summed E-state index contributed by atoms with van der Waals surface area (Å²) in [5.41, 5.74) is 4.23. The second-order valence-electron chi connectivity index (χ2n) is 8.18. The monoisotopic (exact) mass is 364 g/mol. The number of hydrogen-bond donors (Lipinski definition) is 1. The van der Waals surface area contributed by atoms with Crippen LogP contribution in [0.4, 0.5) is 5.69 Å². The van der Waals surface area contributed by atoms with E-state index in [4.69, 9.17) is 4.74 Å². The molecule has 0 amide bonds. The van der Waals surface area contributed by atoms with Crippen LogP contribution >= 0.6 is 0 Å². The highest BCUT2D eigenvalue weighted by molar-refractivity contribution is 5.93. The van der Waals surface area contributed by atoms with Crippen LogP contribution in [-0.4, -0.2) is 43.4 Å². The van der Waals surface area contributed by atoms with Crippen LogP contribution in [-0.2, 0) is 14.9 Å². The SMILES string of the molecule is CC[C@]12C=CCN3CC[C@]4(C(=C(C(=O)OC)C1)Nc1ccc(C=O)cc14)[C@@H]32. The molecule has 3 heterocycles. The molecule has 3 aliphatic heterocycles. The van der Waals surface area contributed by atoms with Gasteiger partial charge >= 0.3 is 5.97 Å². The molecule has 1 saturated heterocycles. The smallest absolute Gasteiger partial charge is 0.335 e. The van der Waals surface area contributed by atoms with E-state index in [1.807, 2.05) is 18.2 Å². The number of rotatable bonds is 3. The fourth-order valence-electron chi connectivity index (χ4n) is 6.15. The van der Waals surface area contributed by atoms with Crippen molar-refractivity contribution in [3.8, 4) is 0 Å². The Bertz CT molecular complexity index is 918. The van der Waals surface area contributed by atoms with Crippen LogP contribution in [0.25, 0.3) is 0 Å². The normalized spacial score (nSPS) is 33.2. The molecule has 1 aromatic rings.